The van der Waals surface area contributed by atoms with Crippen LogP contribution < -0.4 is 0 Å². The lowest BCUT2D eigenvalue weighted by atomic mass is 9.94. The molecule has 102 valence electrons. The third-order valence-corrected chi connectivity index (χ3v) is 3.31. The van der Waals surface area contributed by atoms with Crippen molar-refractivity contribution in [2.24, 2.45) is 0 Å². The van der Waals surface area contributed by atoms with Crippen molar-refractivity contribution >= 4 is 5.69 Å². The first kappa shape index (κ1) is 13.0. The Morgan fingerprint density at radius 3 is 2.00 bits per heavy atom. The van der Waals surface area contributed by atoms with Gasteiger partial charge in [0.25, 0.3) is 5.69 Å². The summed E-state index contributed by atoms with van der Waals surface area (Å²) in [7, 11) is 0. The minimum Gasteiger partial charge on any atom is -0.265 e. The first-order valence-electron chi connectivity index (χ1n) is 6.50. The van der Waals surface area contributed by atoms with E-state index in [4.69, 9.17) is 0 Å². The van der Waals surface area contributed by atoms with Crippen molar-refractivity contribution in [3.05, 3.63) is 83.2 Å². The zero-order valence-corrected chi connectivity index (χ0v) is 11.1. The summed E-state index contributed by atoms with van der Waals surface area (Å²) < 4.78 is 0. The number of aromatic nitrogens is 1. The zero-order chi connectivity index (χ0) is 14.7. The smallest absolute Gasteiger partial charge is 0.265 e. The van der Waals surface area contributed by atoms with Crippen molar-refractivity contribution in [2.45, 2.75) is 0 Å². The number of benzene rings is 2. The highest BCUT2D eigenvalue weighted by atomic mass is 16.6. The van der Waals surface area contributed by atoms with Crippen molar-refractivity contribution in [1.29, 1.82) is 0 Å². The van der Waals surface area contributed by atoms with Crippen LogP contribution in [-0.2, 0) is 0 Å². The molecule has 0 bridgehead atoms. The lowest BCUT2D eigenvalue weighted by Crippen LogP contribution is -1.93. The van der Waals surface area contributed by atoms with Gasteiger partial charge in [-0.1, -0.05) is 36.4 Å². The number of para-hydroxylation sites is 1. The highest BCUT2D eigenvalue weighted by Crippen LogP contribution is 2.36. The summed E-state index contributed by atoms with van der Waals surface area (Å²) in [5, 5.41) is 11.2. The van der Waals surface area contributed by atoms with Crippen molar-refractivity contribution < 1.29 is 4.92 Å². The topological polar surface area (TPSA) is 56.0 Å². The highest BCUT2D eigenvalue weighted by Gasteiger charge is 2.17. The van der Waals surface area contributed by atoms with E-state index in [0.29, 0.717) is 5.56 Å². The Kier molecular flexibility index (Phi) is 3.43. The molecule has 3 rings (SSSR count). The van der Waals surface area contributed by atoms with E-state index in [-0.39, 0.29) is 10.6 Å². The van der Waals surface area contributed by atoms with E-state index in [1.165, 1.54) is 6.07 Å². The van der Waals surface area contributed by atoms with Crippen molar-refractivity contribution in [1.82, 2.24) is 4.98 Å². The Balaban J connectivity index is 2.24. The Bertz CT molecular complexity index is 786. The van der Waals surface area contributed by atoms with Gasteiger partial charge in [-0.2, -0.15) is 0 Å². The molecule has 0 amide bonds. The maximum absolute atomic E-state index is 11.2. The van der Waals surface area contributed by atoms with Crippen molar-refractivity contribution in [2.75, 3.05) is 0 Å². The van der Waals surface area contributed by atoms with Gasteiger partial charge in [0.1, 0.15) is 0 Å². The van der Waals surface area contributed by atoms with Crippen LogP contribution in [0, 0.1) is 10.1 Å². The largest absolute Gasteiger partial charge is 0.277 e. The van der Waals surface area contributed by atoms with Crippen LogP contribution in [0.5, 0.6) is 0 Å². The van der Waals surface area contributed by atoms with Gasteiger partial charge in [0.05, 0.1) is 10.5 Å². The number of rotatable bonds is 3. The van der Waals surface area contributed by atoms with Crippen LogP contribution in [0.15, 0.2) is 73.1 Å². The molecule has 0 aliphatic rings. The van der Waals surface area contributed by atoms with Crippen LogP contribution >= 0.6 is 0 Å². The quantitative estimate of drug-likeness (QED) is 0.528. The molecule has 0 saturated carbocycles. The van der Waals surface area contributed by atoms with E-state index in [9.17, 15) is 10.1 Å². The van der Waals surface area contributed by atoms with Gasteiger partial charge >= 0.3 is 0 Å². The van der Waals surface area contributed by atoms with Crippen LogP contribution in [-0.4, -0.2) is 9.91 Å². The maximum atomic E-state index is 11.2. The molecule has 0 unspecified atom stereocenters. The highest BCUT2D eigenvalue weighted by molar-refractivity contribution is 5.87. The number of nitro benzene ring substituents is 1. The number of nitrogens with zero attached hydrogens (tertiary/aromatic N) is 2. The van der Waals surface area contributed by atoms with Gasteiger partial charge in [-0.05, 0) is 34.9 Å². The predicted molar refractivity (Wildman–Crippen MR) is 81.8 cm³/mol. The minimum atomic E-state index is -0.349. The average Bonchev–Trinajstić information content (AvgIpc) is 2.55. The van der Waals surface area contributed by atoms with E-state index in [1.54, 1.807) is 24.5 Å². The number of nitro groups is 1. The molecule has 2 aromatic carbocycles. The molecule has 0 radical (unpaired) electrons. The molecule has 0 aliphatic carbocycles. The van der Waals surface area contributed by atoms with Crippen molar-refractivity contribution in [3.8, 4) is 22.3 Å². The summed E-state index contributed by atoms with van der Waals surface area (Å²) in [6, 6.07) is 18.3. The number of hydrogen-bond donors (Lipinski definition) is 0. The fourth-order valence-electron chi connectivity index (χ4n) is 2.36. The summed E-state index contributed by atoms with van der Waals surface area (Å²) in [5.41, 5.74) is 3.51. The average molecular weight is 276 g/mol. The van der Waals surface area contributed by atoms with E-state index < -0.39 is 0 Å². The summed E-state index contributed by atoms with van der Waals surface area (Å²) in [5.74, 6) is 0. The Hall–Kier alpha value is -3.01. The van der Waals surface area contributed by atoms with Crippen LogP contribution in [0.3, 0.4) is 0 Å². The number of hydrogen-bond acceptors (Lipinski definition) is 3. The first-order chi connectivity index (χ1) is 10.3. The van der Waals surface area contributed by atoms with Crippen molar-refractivity contribution in [3.63, 3.8) is 0 Å². The van der Waals surface area contributed by atoms with E-state index in [1.807, 2.05) is 42.5 Å². The number of pyridine rings is 1. The molecule has 0 fully saturated rings. The maximum Gasteiger partial charge on any atom is 0.277 e. The molecule has 4 nitrogen and oxygen atoms in total. The SMILES string of the molecule is O=[N+]([O-])c1ccccc1-c1ccccc1-c1ccncc1. The summed E-state index contributed by atoms with van der Waals surface area (Å²) in [6.07, 6.45) is 3.43. The molecule has 3 aromatic rings. The van der Waals surface area contributed by atoms with Gasteiger partial charge in [-0.25, -0.2) is 0 Å². The monoisotopic (exact) mass is 276 g/mol. The molecule has 0 N–H and O–H groups in total. The van der Waals surface area contributed by atoms with Gasteiger partial charge in [-0.3, -0.25) is 15.1 Å². The lowest BCUT2D eigenvalue weighted by Gasteiger charge is -2.10. The van der Waals surface area contributed by atoms with E-state index >= 15 is 0 Å². The normalized spacial score (nSPS) is 10.3. The van der Waals surface area contributed by atoms with Gasteiger partial charge < -0.3 is 0 Å². The van der Waals surface area contributed by atoms with E-state index in [0.717, 1.165) is 16.7 Å². The van der Waals surface area contributed by atoms with Crippen LogP contribution in [0.25, 0.3) is 22.3 Å². The minimum absolute atomic E-state index is 0.110. The molecule has 21 heavy (non-hydrogen) atoms. The molecular weight excluding hydrogens is 264 g/mol. The van der Waals surface area contributed by atoms with Gasteiger partial charge in [0, 0.05) is 18.5 Å². The summed E-state index contributed by atoms with van der Waals surface area (Å²) >= 11 is 0. The Labute approximate surface area is 121 Å². The molecule has 1 heterocycles. The second-order valence-corrected chi connectivity index (χ2v) is 4.56. The van der Waals surface area contributed by atoms with Gasteiger partial charge in [-0.15, -0.1) is 0 Å². The fourth-order valence-corrected chi connectivity index (χ4v) is 2.36. The molecule has 0 saturated heterocycles. The molecular formula is C17H12N2O2. The lowest BCUT2D eigenvalue weighted by molar-refractivity contribution is -0.384. The first-order valence-corrected chi connectivity index (χ1v) is 6.50. The second kappa shape index (κ2) is 5.54. The van der Waals surface area contributed by atoms with Gasteiger partial charge in [0.2, 0.25) is 0 Å². The third-order valence-electron chi connectivity index (χ3n) is 3.31. The third kappa shape index (κ3) is 2.51. The van der Waals surface area contributed by atoms with Crippen LogP contribution in [0.2, 0.25) is 0 Å². The zero-order valence-electron chi connectivity index (χ0n) is 11.1. The summed E-state index contributed by atoms with van der Waals surface area (Å²) in [6.45, 7) is 0. The standard InChI is InChI=1S/C17H12N2O2/c20-19(21)17-8-4-3-7-16(17)15-6-2-1-5-14(15)13-9-11-18-12-10-13/h1-12H. The Morgan fingerprint density at radius 1 is 0.762 bits per heavy atom. The fraction of sp³-hybridized carbons (Fsp3) is 0. The molecule has 0 aliphatic heterocycles. The van der Waals surface area contributed by atoms with Gasteiger partial charge in [0.15, 0.2) is 0 Å². The molecule has 0 spiro atoms. The predicted octanol–water partition coefficient (Wildman–Crippen LogP) is 4.32. The Morgan fingerprint density at radius 2 is 1.33 bits per heavy atom. The molecule has 0 atom stereocenters. The molecule has 1 aromatic heterocycles. The van der Waals surface area contributed by atoms with E-state index in [2.05, 4.69) is 4.98 Å². The van der Waals surface area contributed by atoms with Crippen LogP contribution in [0.4, 0.5) is 5.69 Å². The van der Waals surface area contributed by atoms with Crippen LogP contribution in [0.1, 0.15) is 0 Å². The second-order valence-electron chi connectivity index (χ2n) is 4.56. The summed E-state index contributed by atoms with van der Waals surface area (Å²) in [4.78, 5) is 14.9. The molecule has 4 heteroatoms.